The van der Waals surface area contributed by atoms with Crippen LogP contribution in [0.25, 0.3) is 0 Å². The van der Waals surface area contributed by atoms with Gasteiger partial charge in [0.25, 0.3) is 0 Å². The minimum atomic E-state index is -1.48. The Labute approximate surface area is 158 Å². The molecule has 0 aliphatic heterocycles. The van der Waals surface area contributed by atoms with Crippen LogP contribution >= 0.6 is 0 Å². The van der Waals surface area contributed by atoms with Gasteiger partial charge >= 0.3 is 102 Å². The molecule has 0 spiro atoms. The molecule has 128 valence electrons. The zero-order chi connectivity index (χ0) is 18.7. The van der Waals surface area contributed by atoms with E-state index in [0.717, 1.165) is 13.8 Å². The second-order valence-electron chi connectivity index (χ2n) is 5.40. The van der Waals surface area contributed by atoms with Crippen LogP contribution in [0, 0.1) is 0 Å². The van der Waals surface area contributed by atoms with Crippen LogP contribution in [-0.4, -0.2) is 33.1 Å². The molecule has 0 aliphatic carbocycles. The summed E-state index contributed by atoms with van der Waals surface area (Å²) in [5.41, 5.74) is 2.42. The van der Waals surface area contributed by atoms with Crippen LogP contribution in [-0.2, 0) is 18.5 Å². The number of carbonyl (C=O) groups excluding carboxylic acids is 2. The normalized spacial score (nSPS) is 10.6. The topological polar surface area (TPSA) is 80.3 Å². The molecule has 0 N–H and O–H groups in total. The molecular formula is C20H20O4Sn. The van der Waals surface area contributed by atoms with Crippen LogP contribution in [0.5, 0.6) is 0 Å². The van der Waals surface area contributed by atoms with Gasteiger partial charge in [0.15, 0.2) is 0 Å². The molecule has 0 unspecified atom stereocenters. The van der Waals surface area contributed by atoms with Crippen LogP contribution in [0.1, 0.15) is 25.0 Å². The van der Waals surface area contributed by atoms with Crippen molar-refractivity contribution in [3.8, 4) is 0 Å². The summed E-state index contributed by atoms with van der Waals surface area (Å²) in [7, 11) is 0. The zero-order valence-electron chi connectivity index (χ0n) is 14.3. The van der Waals surface area contributed by atoms with Gasteiger partial charge in [-0.15, -0.1) is 0 Å². The molecule has 0 amide bonds. The monoisotopic (exact) mass is 444 g/mol. The number of benzene rings is 2. The summed E-state index contributed by atoms with van der Waals surface area (Å²) in [5.74, 6) is -2.97. The maximum atomic E-state index is 9.99. The quantitative estimate of drug-likeness (QED) is 0.492. The Hall–Kier alpha value is -2.08. The minimum absolute atomic E-state index is 0.258. The fourth-order valence-corrected chi connectivity index (χ4v) is 5.20. The number of rotatable bonds is 6. The number of aliphatic carboxylic acids is 2. The zero-order valence-corrected chi connectivity index (χ0v) is 17.2. The predicted octanol–water partition coefficient (Wildman–Crippen LogP) is 0.914. The van der Waals surface area contributed by atoms with Crippen LogP contribution < -0.4 is 10.2 Å². The Kier molecular flexibility index (Phi) is 9.62. The Morgan fingerprint density at radius 1 is 0.720 bits per heavy atom. The molecule has 2 rings (SSSR count). The number of hydrogen-bond acceptors (Lipinski definition) is 4. The first-order valence-electron chi connectivity index (χ1n) is 7.80. The summed E-state index contributed by atoms with van der Waals surface area (Å²) in [5, 5.41) is 20.0. The van der Waals surface area contributed by atoms with E-state index in [4.69, 9.17) is 0 Å². The number of carbonyl (C=O) groups is 2. The molecule has 0 fully saturated rings. The van der Waals surface area contributed by atoms with Gasteiger partial charge in [-0.2, -0.15) is 0 Å². The van der Waals surface area contributed by atoms with E-state index in [1.165, 1.54) is 20.0 Å². The molecular weight excluding hydrogens is 423 g/mol. The van der Waals surface area contributed by atoms with Gasteiger partial charge in [0.2, 0.25) is 0 Å². The third-order valence-electron chi connectivity index (χ3n) is 3.52. The number of hydrogen-bond donors (Lipinski definition) is 0. The standard InChI is InChI=1S/2C7H7.C6H8O4.Sn/c2*1-7-5-3-2-4-6-7;1-3(5(7)8)4(2)6(9)10;/h2*2-6H,1H2;1-2H3,(H,7,8)(H,9,10);/q;;;+2/p-2/b;;4-3-;. The fourth-order valence-electron chi connectivity index (χ4n) is 1.85. The van der Waals surface area contributed by atoms with Crippen molar-refractivity contribution >= 4 is 33.1 Å². The van der Waals surface area contributed by atoms with Crippen LogP contribution in [0.4, 0.5) is 0 Å². The molecule has 0 aromatic heterocycles. The molecule has 0 heterocycles. The van der Waals surface area contributed by atoms with Crippen molar-refractivity contribution < 1.29 is 19.8 Å². The van der Waals surface area contributed by atoms with Crippen molar-refractivity contribution in [2.45, 2.75) is 22.7 Å². The second-order valence-corrected chi connectivity index (χ2v) is 8.84. The van der Waals surface area contributed by atoms with Crippen molar-refractivity contribution in [3.05, 3.63) is 82.9 Å². The molecule has 5 heteroatoms. The van der Waals surface area contributed by atoms with Gasteiger partial charge < -0.3 is 19.8 Å². The molecule has 0 saturated heterocycles. The first-order chi connectivity index (χ1) is 11.9. The van der Waals surface area contributed by atoms with E-state index in [0.29, 0.717) is 0 Å². The average molecular weight is 443 g/mol. The summed E-state index contributed by atoms with van der Waals surface area (Å²) in [6.07, 6.45) is 0. The molecule has 0 bridgehead atoms. The molecule has 2 aromatic carbocycles. The van der Waals surface area contributed by atoms with Gasteiger partial charge in [0.1, 0.15) is 0 Å². The second kappa shape index (κ2) is 11.5. The Morgan fingerprint density at radius 2 is 1.04 bits per heavy atom. The maximum absolute atomic E-state index is 9.99. The van der Waals surface area contributed by atoms with Crippen molar-refractivity contribution in [1.29, 1.82) is 0 Å². The molecule has 25 heavy (non-hydrogen) atoms. The molecule has 2 aromatic rings. The fraction of sp³-hybridized carbons (Fsp3) is 0.200. The number of carboxylic acid groups (broad SMARTS) is 2. The predicted molar refractivity (Wildman–Crippen MR) is 94.4 cm³/mol. The van der Waals surface area contributed by atoms with E-state index in [-0.39, 0.29) is 32.3 Å². The van der Waals surface area contributed by atoms with Crippen molar-refractivity contribution in [1.82, 2.24) is 0 Å². The molecule has 0 radical (unpaired) electrons. The van der Waals surface area contributed by atoms with E-state index in [2.05, 4.69) is 60.7 Å². The van der Waals surface area contributed by atoms with Gasteiger partial charge in [-0.05, 0) is 25.0 Å². The summed E-state index contributed by atoms with van der Waals surface area (Å²) in [4.78, 5) is 20.0. The Bertz CT molecular complexity index is 647. The summed E-state index contributed by atoms with van der Waals surface area (Å²) in [6.45, 7) is 2.31. The van der Waals surface area contributed by atoms with Crippen LogP contribution in [0.15, 0.2) is 71.8 Å². The first kappa shape index (κ1) is 21.0. The first-order valence-corrected chi connectivity index (χ1v) is 11.8. The van der Waals surface area contributed by atoms with Gasteiger partial charge in [-0.25, -0.2) is 0 Å². The van der Waals surface area contributed by atoms with Crippen molar-refractivity contribution in [2.24, 2.45) is 0 Å². The molecule has 0 atom stereocenters. The van der Waals surface area contributed by atoms with Gasteiger partial charge in [0, 0.05) is 0 Å². The average Bonchev–Trinajstić information content (AvgIpc) is 2.62. The Balaban J connectivity index is 0.000000275. The summed E-state index contributed by atoms with van der Waals surface area (Å²) >= 11 is -0.258. The number of carboxylic acids is 2. The van der Waals surface area contributed by atoms with Crippen LogP contribution in [0.3, 0.4) is 0 Å². The third kappa shape index (κ3) is 8.54. The van der Waals surface area contributed by atoms with E-state index in [9.17, 15) is 19.8 Å². The SMILES string of the molecule is C/C(C(=O)[O-])=C(\C)C(=O)[O-].c1ccc([CH2][Sn+2][CH2]c2ccccc2)cc1. The third-order valence-corrected chi connectivity index (χ3v) is 7.28. The molecule has 0 saturated carbocycles. The van der Waals surface area contributed by atoms with Gasteiger partial charge in [-0.3, -0.25) is 0 Å². The van der Waals surface area contributed by atoms with E-state index >= 15 is 0 Å². The van der Waals surface area contributed by atoms with Gasteiger partial charge in [0.05, 0.1) is 11.9 Å². The van der Waals surface area contributed by atoms with E-state index in [1.807, 2.05) is 0 Å². The van der Waals surface area contributed by atoms with E-state index in [1.54, 1.807) is 0 Å². The van der Waals surface area contributed by atoms with Crippen LogP contribution in [0.2, 0.25) is 0 Å². The summed E-state index contributed by atoms with van der Waals surface area (Å²) in [6, 6.07) is 21.7. The Morgan fingerprint density at radius 3 is 1.32 bits per heavy atom. The van der Waals surface area contributed by atoms with E-state index < -0.39 is 11.9 Å². The van der Waals surface area contributed by atoms with Gasteiger partial charge in [-0.1, -0.05) is 0 Å². The summed E-state index contributed by atoms with van der Waals surface area (Å²) < 4.78 is 2.69. The van der Waals surface area contributed by atoms with Crippen molar-refractivity contribution in [3.63, 3.8) is 0 Å². The van der Waals surface area contributed by atoms with Crippen molar-refractivity contribution in [2.75, 3.05) is 0 Å². The molecule has 4 nitrogen and oxygen atoms in total. The molecule has 0 aliphatic rings.